The zero-order chi connectivity index (χ0) is 10.4. The molecule has 1 aliphatic rings. The molecule has 0 aromatic heterocycles. The first-order valence-electron chi connectivity index (χ1n) is 4.88. The largest absolute Gasteiger partial charge is 0.507 e. The van der Waals surface area contributed by atoms with Gasteiger partial charge in [-0.25, -0.2) is 0 Å². The lowest BCUT2D eigenvalue weighted by molar-refractivity contribution is 0.230. The highest BCUT2D eigenvalue weighted by Gasteiger charge is 2.16. The van der Waals surface area contributed by atoms with Crippen LogP contribution < -0.4 is 0 Å². The van der Waals surface area contributed by atoms with E-state index >= 15 is 0 Å². The Labute approximate surface area is 87.1 Å². The minimum atomic E-state index is -0.567. The van der Waals surface area contributed by atoms with Crippen molar-refractivity contribution in [3.63, 3.8) is 0 Å². The van der Waals surface area contributed by atoms with Crippen LogP contribution in [0.25, 0.3) is 16.8 Å². The van der Waals surface area contributed by atoms with Crippen molar-refractivity contribution in [2.45, 2.75) is 6.10 Å². The van der Waals surface area contributed by atoms with Gasteiger partial charge in [0.1, 0.15) is 5.75 Å². The topological polar surface area (TPSA) is 40.5 Å². The Morgan fingerprint density at radius 3 is 2.80 bits per heavy atom. The lowest BCUT2D eigenvalue weighted by Crippen LogP contribution is -1.99. The average Bonchev–Trinajstić information content (AvgIpc) is 2.26. The number of hydrogen-bond acceptors (Lipinski definition) is 2. The number of rotatable bonds is 0. The summed E-state index contributed by atoms with van der Waals surface area (Å²) in [6.07, 6.45) is 2.90. The third-order valence-corrected chi connectivity index (χ3v) is 2.86. The summed E-state index contributed by atoms with van der Waals surface area (Å²) < 4.78 is 0. The maximum Gasteiger partial charge on any atom is 0.123 e. The molecule has 0 saturated heterocycles. The molecule has 0 saturated carbocycles. The van der Waals surface area contributed by atoms with Crippen molar-refractivity contribution in [3.8, 4) is 5.75 Å². The first-order chi connectivity index (χ1) is 7.27. The first kappa shape index (κ1) is 8.50. The summed E-state index contributed by atoms with van der Waals surface area (Å²) in [6, 6.07) is 9.33. The van der Waals surface area contributed by atoms with Gasteiger partial charge in [-0.1, -0.05) is 36.4 Å². The van der Waals surface area contributed by atoms with E-state index in [1.807, 2.05) is 24.3 Å². The molecule has 74 valence electrons. The van der Waals surface area contributed by atoms with Gasteiger partial charge in [0.15, 0.2) is 0 Å². The molecular formula is C13H10O2. The smallest absolute Gasteiger partial charge is 0.123 e. The maximum atomic E-state index is 9.79. The summed E-state index contributed by atoms with van der Waals surface area (Å²) in [6.45, 7) is 0. The second kappa shape index (κ2) is 2.84. The van der Waals surface area contributed by atoms with Gasteiger partial charge in [-0.3, -0.25) is 0 Å². The Morgan fingerprint density at radius 1 is 1.07 bits per heavy atom. The van der Waals surface area contributed by atoms with Crippen molar-refractivity contribution in [2.75, 3.05) is 0 Å². The van der Waals surface area contributed by atoms with Crippen LogP contribution in [0.4, 0.5) is 0 Å². The highest BCUT2D eigenvalue weighted by molar-refractivity contribution is 5.97. The highest BCUT2D eigenvalue weighted by Crippen LogP contribution is 2.37. The van der Waals surface area contributed by atoms with E-state index in [4.69, 9.17) is 0 Å². The molecule has 15 heavy (non-hydrogen) atoms. The Hall–Kier alpha value is -1.80. The van der Waals surface area contributed by atoms with Crippen LogP contribution in [0.2, 0.25) is 0 Å². The molecule has 0 fully saturated rings. The van der Waals surface area contributed by atoms with Gasteiger partial charge in [-0.15, -0.1) is 0 Å². The molecular weight excluding hydrogens is 188 g/mol. The SMILES string of the molecule is Oc1ccc2cccc3c2c1C=CC3O. The van der Waals surface area contributed by atoms with Crippen molar-refractivity contribution in [2.24, 2.45) is 0 Å². The zero-order valence-electron chi connectivity index (χ0n) is 8.01. The predicted molar refractivity (Wildman–Crippen MR) is 59.6 cm³/mol. The van der Waals surface area contributed by atoms with Crippen LogP contribution in [0.1, 0.15) is 17.2 Å². The van der Waals surface area contributed by atoms with Crippen LogP contribution in [-0.4, -0.2) is 10.2 Å². The molecule has 0 radical (unpaired) electrons. The molecule has 1 aliphatic carbocycles. The van der Waals surface area contributed by atoms with Crippen molar-refractivity contribution < 1.29 is 10.2 Å². The number of aromatic hydroxyl groups is 1. The van der Waals surface area contributed by atoms with Gasteiger partial charge in [0, 0.05) is 5.56 Å². The number of benzene rings is 2. The van der Waals surface area contributed by atoms with Crippen LogP contribution in [0.5, 0.6) is 5.75 Å². The number of phenolic OH excluding ortho intramolecular Hbond substituents is 1. The lowest BCUT2D eigenvalue weighted by Gasteiger charge is -2.17. The molecule has 0 heterocycles. The maximum absolute atomic E-state index is 9.79. The van der Waals surface area contributed by atoms with Gasteiger partial charge in [0.25, 0.3) is 0 Å². The fraction of sp³-hybridized carbons (Fsp3) is 0.0769. The Kier molecular flexibility index (Phi) is 1.61. The lowest BCUT2D eigenvalue weighted by atomic mass is 9.91. The molecule has 2 nitrogen and oxygen atoms in total. The molecule has 0 amide bonds. The number of phenols is 1. The molecule has 1 atom stereocenters. The third kappa shape index (κ3) is 1.09. The summed E-state index contributed by atoms with van der Waals surface area (Å²) in [7, 11) is 0. The van der Waals surface area contributed by atoms with Crippen LogP contribution in [0.3, 0.4) is 0 Å². The van der Waals surface area contributed by atoms with Gasteiger partial charge >= 0.3 is 0 Å². The standard InChI is InChI=1S/C13H10O2/c14-11-6-4-8-2-1-3-9-12(15)7-5-10(11)13(8)9/h1-7,12,14-15H. The van der Waals surface area contributed by atoms with E-state index in [1.54, 1.807) is 18.2 Å². The van der Waals surface area contributed by atoms with Crippen LogP contribution in [0, 0.1) is 0 Å². The Bertz CT molecular complexity index is 570. The summed E-state index contributed by atoms with van der Waals surface area (Å²) in [4.78, 5) is 0. The van der Waals surface area contributed by atoms with E-state index < -0.39 is 6.10 Å². The number of aliphatic hydroxyl groups is 1. The second-order valence-electron chi connectivity index (χ2n) is 3.75. The quantitative estimate of drug-likeness (QED) is 0.683. The molecule has 2 aromatic rings. The normalized spacial score (nSPS) is 18.3. The van der Waals surface area contributed by atoms with E-state index in [0.717, 1.165) is 21.9 Å². The van der Waals surface area contributed by atoms with E-state index in [-0.39, 0.29) is 5.75 Å². The molecule has 3 rings (SSSR count). The zero-order valence-corrected chi connectivity index (χ0v) is 8.01. The van der Waals surface area contributed by atoms with Crippen LogP contribution in [0.15, 0.2) is 36.4 Å². The van der Waals surface area contributed by atoms with E-state index in [0.29, 0.717) is 0 Å². The molecule has 2 heteroatoms. The third-order valence-electron chi connectivity index (χ3n) is 2.86. The van der Waals surface area contributed by atoms with Gasteiger partial charge in [-0.05, 0) is 22.4 Å². The minimum Gasteiger partial charge on any atom is -0.507 e. The average molecular weight is 198 g/mol. The molecule has 2 N–H and O–H groups in total. The van der Waals surface area contributed by atoms with Gasteiger partial charge in [-0.2, -0.15) is 0 Å². The van der Waals surface area contributed by atoms with E-state index in [2.05, 4.69) is 0 Å². The Balaban J connectivity index is 2.53. The first-order valence-corrected chi connectivity index (χ1v) is 4.88. The minimum absolute atomic E-state index is 0.262. The fourth-order valence-electron chi connectivity index (χ4n) is 2.13. The molecule has 2 aromatic carbocycles. The summed E-state index contributed by atoms with van der Waals surface area (Å²) in [5.41, 5.74) is 1.66. The monoisotopic (exact) mass is 198 g/mol. The fourth-order valence-corrected chi connectivity index (χ4v) is 2.13. The van der Waals surface area contributed by atoms with Gasteiger partial charge in [0.05, 0.1) is 6.10 Å². The van der Waals surface area contributed by atoms with E-state index in [1.165, 1.54) is 0 Å². The summed E-state index contributed by atoms with van der Waals surface area (Å²) in [5.74, 6) is 0.262. The van der Waals surface area contributed by atoms with E-state index in [9.17, 15) is 10.2 Å². The van der Waals surface area contributed by atoms with Crippen LogP contribution in [-0.2, 0) is 0 Å². The second-order valence-corrected chi connectivity index (χ2v) is 3.75. The molecule has 0 spiro atoms. The van der Waals surface area contributed by atoms with Crippen LogP contribution >= 0.6 is 0 Å². The number of hydrogen-bond donors (Lipinski definition) is 2. The highest BCUT2D eigenvalue weighted by atomic mass is 16.3. The van der Waals surface area contributed by atoms with Crippen molar-refractivity contribution in [1.82, 2.24) is 0 Å². The van der Waals surface area contributed by atoms with Crippen molar-refractivity contribution in [1.29, 1.82) is 0 Å². The molecule has 0 aliphatic heterocycles. The van der Waals surface area contributed by atoms with Crippen molar-refractivity contribution >= 4 is 16.8 Å². The summed E-state index contributed by atoms with van der Waals surface area (Å²) >= 11 is 0. The summed E-state index contributed by atoms with van der Waals surface area (Å²) in [5, 5.41) is 21.5. The van der Waals surface area contributed by atoms with Gasteiger partial charge < -0.3 is 10.2 Å². The van der Waals surface area contributed by atoms with Crippen molar-refractivity contribution in [3.05, 3.63) is 47.5 Å². The van der Waals surface area contributed by atoms with Gasteiger partial charge in [0.2, 0.25) is 0 Å². The predicted octanol–water partition coefficient (Wildman–Crippen LogP) is 2.61. The number of aliphatic hydroxyl groups excluding tert-OH is 1. The Morgan fingerprint density at radius 2 is 1.93 bits per heavy atom. The molecule has 1 unspecified atom stereocenters. The molecule has 0 bridgehead atoms.